The molecular weight excluding hydrogens is 433 g/mol. The molecule has 1 amide bonds. The van der Waals surface area contributed by atoms with E-state index in [9.17, 15) is 17.6 Å². The highest BCUT2D eigenvalue weighted by Gasteiger charge is 2.61. The van der Waals surface area contributed by atoms with E-state index in [2.05, 4.69) is 5.32 Å². The second-order valence-corrected chi connectivity index (χ2v) is 10.6. The number of hydrogen-bond acceptors (Lipinski definition) is 5. The summed E-state index contributed by atoms with van der Waals surface area (Å²) in [4.78, 5) is 14.6. The molecule has 1 saturated carbocycles. The molecule has 3 aliphatic rings. The zero-order valence-electron chi connectivity index (χ0n) is 17.6. The number of benzene rings is 2. The first-order valence-corrected chi connectivity index (χ1v) is 12.5. The van der Waals surface area contributed by atoms with Crippen LogP contribution in [0, 0.1) is 23.6 Å². The van der Waals surface area contributed by atoms with Crippen molar-refractivity contribution in [1.82, 2.24) is 4.31 Å². The summed E-state index contributed by atoms with van der Waals surface area (Å²) >= 11 is 0. The lowest BCUT2D eigenvalue weighted by atomic mass is 10.2. The van der Waals surface area contributed by atoms with E-state index >= 15 is 0 Å². The van der Waals surface area contributed by atoms with Crippen LogP contribution >= 0.6 is 0 Å². The number of fused-ring (bicyclic) bond motifs is 1. The van der Waals surface area contributed by atoms with Crippen molar-refractivity contribution in [1.29, 1.82) is 0 Å². The third-order valence-electron chi connectivity index (χ3n) is 6.62. The first-order valence-electron chi connectivity index (χ1n) is 10.9. The summed E-state index contributed by atoms with van der Waals surface area (Å²) in [6, 6.07) is 13.8. The van der Waals surface area contributed by atoms with Crippen LogP contribution in [0.5, 0.6) is 0 Å². The second kappa shape index (κ2) is 8.46. The summed E-state index contributed by atoms with van der Waals surface area (Å²) in [6.45, 7) is 3.14. The van der Waals surface area contributed by atoms with E-state index in [1.54, 1.807) is 24.3 Å². The first kappa shape index (κ1) is 21.4. The Morgan fingerprint density at radius 2 is 1.75 bits per heavy atom. The first-order chi connectivity index (χ1) is 15.4. The van der Waals surface area contributed by atoms with Gasteiger partial charge in [-0.2, -0.15) is 0 Å². The van der Waals surface area contributed by atoms with Crippen LogP contribution in [0.3, 0.4) is 0 Å². The van der Waals surface area contributed by atoms with Crippen LogP contribution in [0.2, 0.25) is 0 Å². The highest BCUT2D eigenvalue weighted by molar-refractivity contribution is 7.88. The van der Waals surface area contributed by atoms with Crippen molar-refractivity contribution in [3.05, 3.63) is 59.9 Å². The van der Waals surface area contributed by atoms with E-state index in [1.165, 1.54) is 10.4 Å². The maximum atomic E-state index is 14.6. The van der Waals surface area contributed by atoms with Crippen molar-refractivity contribution < 1.29 is 22.3 Å². The Morgan fingerprint density at radius 1 is 1.06 bits per heavy atom. The Hall–Kier alpha value is -2.49. The summed E-state index contributed by atoms with van der Waals surface area (Å²) in [5.74, 6) is -0.743. The molecule has 5 rings (SSSR count). The number of ether oxygens (including phenoxy) is 1. The molecule has 3 fully saturated rings. The lowest BCUT2D eigenvalue weighted by molar-refractivity contribution is -0.118. The van der Waals surface area contributed by atoms with Gasteiger partial charge < -0.3 is 15.0 Å². The summed E-state index contributed by atoms with van der Waals surface area (Å²) < 4.78 is 46.8. The Balaban J connectivity index is 1.16. The number of nitrogens with one attached hydrogen (secondary N) is 1. The quantitative estimate of drug-likeness (QED) is 0.717. The van der Waals surface area contributed by atoms with E-state index in [0.29, 0.717) is 50.8 Å². The molecule has 2 aromatic carbocycles. The number of amides is 1. The molecule has 170 valence electrons. The monoisotopic (exact) mass is 459 g/mol. The fourth-order valence-corrected chi connectivity index (χ4v) is 6.45. The minimum atomic E-state index is -3.41. The molecule has 0 aromatic heterocycles. The number of nitrogens with zero attached hydrogens (tertiary/aromatic N) is 2. The van der Waals surface area contributed by atoms with Crippen LogP contribution in [0.4, 0.5) is 15.8 Å². The van der Waals surface area contributed by atoms with Gasteiger partial charge in [-0.05, 0) is 35.6 Å². The molecule has 0 spiro atoms. The lowest BCUT2D eigenvalue weighted by Gasteiger charge is -2.29. The van der Waals surface area contributed by atoms with Gasteiger partial charge in [0.25, 0.3) is 0 Å². The topological polar surface area (TPSA) is 79.0 Å². The maximum absolute atomic E-state index is 14.6. The molecule has 2 unspecified atom stereocenters. The van der Waals surface area contributed by atoms with Gasteiger partial charge in [-0.1, -0.05) is 30.3 Å². The number of hydrogen-bond donors (Lipinski definition) is 1. The van der Waals surface area contributed by atoms with Crippen LogP contribution in [-0.4, -0.2) is 58.0 Å². The molecule has 2 aliphatic heterocycles. The van der Waals surface area contributed by atoms with Gasteiger partial charge in [0.15, 0.2) is 0 Å². The van der Waals surface area contributed by atoms with Gasteiger partial charge in [0.05, 0.1) is 24.7 Å². The van der Waals surface area contributed by atoms with Gasteiger partial charge in [-0.3, -0.25) is 4.79 Å². The molecular formula is C23H26FN3O4S. The largest absolute Gasteiger partial charge is 0.378 e. The molecule has 1 aliphatic carbocycles. The van der Waals surface area contributed by atoms with E-state index in [0.717, 1.165) is 5.56 Å². The molecule has 32 heavy (non-hydrogen) atoms. The number of anilines is 2. The predicted octanol–water partition coefficient (Wildman–Crippen LogP) is 2.31. The third kappa shape index (κ3) is 4.24. The number of carbonyl (C=O) groups excluding carboxylic acids is 1. The molecule has 2 atom stereocenters. The fourth-order valence-electron chi connectivity index (χ4n) is 4.85. The van der Waals surface area contributed by atoms with Crippen molar-refractivity contribution >= 4 is 27.3 Å². The summed E-state index contributed by atoms with van der Waals surface area (Å²) in [5.41, 5.74) is 1.68. The fraction of sp³-hybridized carbons (Fsp3) is 0.435. The minimum absolute atomic E-state index is 0.0259. The van der Waals surface area contributed by atoms with E-state index in [-0.39, 0.29) is 35.2 Å². The average molecular weight is 460 g/mol. The zero-order chi connectivity index (χ0) is 22.3. The van der Waals surface area contributed by atoms with Gasteiger partial charge in [0, 0.05) is 37.8 Å². The van der Waals surface area contributed by atoms with Crippen LogP contribution in [-0.2, 0) is 25.3 Å². The number of morpholine rings is 1. The van der Waals surface area contributed by atoms with Crippen molar-refractivity contribution in [2.45, 2.75) is 5.75 Å². The summed E-state index contributed by atoms with van der Waals surface area (Å²) in [6.07, 6.45) is 0. The predicted molar refractivity (Wildman–Crippen MR) is 119 cm³/mol. The molecule has 2 aromatic rings. The summed E-state index contributed by atoms with van der Waals surface area (Å²) in [5, 5.41) is 2.81. The smallest absolute Gasteiger partial charge is 0.228 e. The van der Waals surface area contributed by atoms with Gasteiger partial charge >= 0.3 is 0 Å². The molecule has 1 N–H and O–H groups in total. The lowest BCUT2D eigenvalue weighted by Crippen LogP contribution is -2.36. The van der Waals surface area contributed by atoms with Crippen molar-refractivity contribution in [2.75, 3.05) is 49.6 Å². The highest BCUT2D eigenvalue weighted by atomic mass is 32.2. The molecule has 9 heteroatoms. The second-order valence-electron chi connectivity index (χ2n) is 8.67. The molecule has 2 saturated heterocycles. The van der Waals surface area contributed by atoms with Crippen LogP contribution in [0.25, 0.3) is 0 Å². The van der Waals surface area contributed by atoms with Crippen molar-refractivity contribution in [2.24, 2.45) is 17.8 Å². The Bertz CT molecular complexity index is 1090. The van der Waals surface area contributed by atoms with Crippen molar-refractivity contribution in [3.63, 3.8) is 0 Å². The molecule has 2 heterocycles. The number of halogens is 1. The third-order valence-corrected chi connectivity index (χ3v) is 8.40. The molecule has 7 nitrogen and oxygen atoms in total. The van der Waals surface area contributed by atoms with Gasteiger partial charge in [0.2, 0.25) is 15.9 Å². The van der Waals surface area contributed by atoms with E-state index < -0.39 is 10.0 Å². The Labute approximate surface area is 187 Å². The van der Waals surface area contributed by atoms with E-state index in [1.807, 2.05) is 23.1 Å². The zero-order valence-corrected chi connectivity index (χ0v) is 18.4. The number of rotatable bonds is 6. The molecule has 0 radical (unpaired) electrons. The van der Waals surface area contributed by atoms with Crippen LogP contribution in [0.15, 0.2) is 48.5 Å². The minimum Gasteiger partial charge on any atom is -0.378 e. The average Bonchev–Trinajstić information content (AvgIpc) is 3.28. The number of carbonyl (C=O) groups is 1. The highest BCUT2D eigenvalue weighted by Crippen LogP contribution is 2.53. The number of piperidine rings is 1. The van der Waals surface area contributed by atoms with Gasteiger partial charge in [-0.15, -0.1) is 0 Å². The normalized spacial score (nSPS) is 25.4. The SMILES string of the molecule is O=C(Nc1ccc(N2CCOCC2)c(F)c1)C1C2CN(S(=O)(=O)Cc3ccccc3)CC21. The van der Waals surface area contributed by atoms with Crippen molar-refractivity contribution in [3.8, 4) is 0 Å². The van der Waals surface area contributed by atoms with Gasteiger partial charge in [0.1, 0.15) is 5.82 Å². The van der Waals surface area contributed by atoms with Crippen LogP contribution < -0.4 is 10.2 Å². The van der Waals surface area contributed by atoms with E-state index in [4.69, 9.17) is 4.74 Å². The van der Waals surface area contributed by atoms with Gasteiger partial charge in [-0.25, -0.2) is 17.1 Å². The maximum Gasteiger partial charge on any atom is 0.228 e. The van der Waals surface area contributed by atoms with Crippen LogP contribution in [0.1, 0.15) is 5.56 Å². The standard InChI is InChI=1S/C23H26FN3O4S/c24-20-12-17(6-7-21(20)26-8-10-31-11-9-26)25-23(28)22-18-13-27(14-19(18)22)32(29,30)15-16-4-2-1-3-5-16/h1-7,12,18-19,22H,8-11,13-15H2,(H,25,28). The number of sulfonamides is 1. The summed E-state index contributed by atoms with van der Waals surface area (Å²) in [7, 11) is -3.41. The Morgan fingerprint density at radius 3 is 2.41 bits per heavy atom. The molecule has 0 bridgehead atoms. The Kier molecular flexibility index (Phi) is 5.65.